The summed E-state index contributed by atoms with van der Waals surface area (Å²) in [6.07, 6.45) is 1.98. The third-order valence-electron chi connectivity index (χ3n) is 3.22. The van der Waals surface area contributed by atoms with Crippen LogP contribution in [0, 0.1) is 0 Å². The van der Waals surface area contributed by atoms with Gasteiger partial charge in [-0.25, -0.2) is 4.98 Å². The standard InChI is InChI=1S/C15H15N3OS2/c1-18(15(19)14-12(20-2)7-8-21-14)9-13-16-10-5-3-4-6-11(10)17-13/h3-8H,9H2,1-2H3,(H,16,17). The van der Waals surface area contributed by atoms with E-state index in [-0.39, 0.29) is 5.91 Å². The highest BCUT2D eigenvalue weighted by Gasteiger charge is 2.18. The molecule has 0 radical (unpaired) electrons. The van der Waals surface area contributed by atoms with Crippen molar-refractivity contribution in [3.05, 3.63) is 46.4 Å². The number of imidazole rings is 1. The number of amides is 1. The van der Waals surface area contributed by atoms with Gasteiger partial charge in [0.05, 0.1) is 17.6 Å². The predicted octanol–water partition coefficient (Wildman–Crippen LogP) is 3.62. The number of nitrogens with zero attached hydrogens (tertiary/aromatic N) is 2. The summed E-state index contributed by atoms with van der Waals surface area (Å²) in [5.41, 5.74) is 1.92. The second-order valence-corrected chi connectivity index (χ2v) is 6.44. The van der Waals surface area contributed by atoms with Gasteiger partial charge in [0.15, 0.2) is 0 Å². The lowest BCUT2D eigenvalue weighted by atomic mass is 10.3. The van der Waals surface area contributed by atoms with E-state index in [1.807, 2.05) is 42.0 Å². The van der Waals surface area contributed by atoms with Crippen LogP contribution in [0.15, 0.2) is 40.6 Å². The molecule has 108 valence electrons. The zero-order valence-electron chi connectivity index (χ0n) is 11.8. The second-order valence-electron chi connectivity index (χ2n) is 4.68. The number of fused-ring (bicyclic) bond motifs is 1. The average Bonchev–Trinajstić information content (AvgIpc) is 3.11. The van der Waals surface area contributed by atoms with Gasteiger partial charge in [0.25, 0.3) is 5.91 Å². The Morgan fingerprint density at radius 3 is 2.95 bits per heavy atom. The number of carbonyl (C=O) groups excluding carboxylic acids is 1. The Hall–Kier alpha value is -1.79. The van der Waals surface area contributed by atoms with Gasteiger partial charge in [-0.15, -0.1) is 23.1 Å². The average molecular weight is 317 g/mol. The van der Waals surface area contributed by atoms with E-state index < -0.39 is 0 Å². The molecule has 21 heavy (non-hydrogen) atoms. The normalized spacial score (nSPS) is 11.0. The Morgan fingerprint density at radius 1 is 1.38 bits per heavy atom. The summed E-state index contributed by atoms with van der Waals surface area (Å²) in [5, 5.41) is 1.95. The van der Waals surface area contributed by atoms with Crippen molar-refractivity contribution in [2.75, 3.05) is 13.3 Å². The molecule has 0 bridgehead atoms. The molecular weight excluding hydrogens is 302 g/mol. The van der Waals surface area contributed by atoms with E-state index in [9.17, 15) is 4.79 Å². The molecule has 1 aromatic carbocycles. The number of H-pyrrole nitrogens is 1. The molecule has 0 saturated heterocycles. The molecule has 0 fully saturated rings. The summed E-state index contributed by atoms with van der Waals surface area (Å²) in [5.74, 6) is 0.837. The molecule has 3 rings (SSSR count). The van der Waals surface area contributed by atoms with Crippen LogP contribution in [0.5, 0.6) is 0 Å². The number of aromatic nitrogens is 2. The highest BCUT2D eigenvalue weighted by Crippen LogP contribution is 2.27. The van der Waals surface area contributed by atoms with Crippen molar-refractivity contribution in [1.29, 1.82) is 0 Å². The molecule has 1 amide bonds. The highest BCUT2D eigenvalue weighted by atomic mass is 32.2. The van der Waals surface area contributed by atoms with Gasteiger partial charge in [-0.05, 0) is 29.8 Å². The quantitative estimate of drug-likeness (QED) is 0.748. The highest BCUT2D eigenvalue weighted by molar-refractivity contribution is 7.98. The molecule has 6 heteroatoms. The SMILES string of the molecule is CSc1ccsc1C(=O)N(C)Cc1nc2ccccc2[nH]1. The van der Waals surface area contributed by atoms with E-state index in [1.54, 1.807) is 23.7 Å². The van der Waals surface area contributed by atoms with Crippen LogP contribution in [0.25, 0.3) is 11.0 Å². The molecule has 0 atom stereocenters. The predicted molar refractivity (Wildman–Crippen MR) is 88.0 cm³/mol. The molecule has 2 heterocycles. The lowest BCUT2D eigenvalue weighted by Crippen LogP contribution is -2.26. The number of thiophene rings is 1. The number of thioether (sulfide) groups is 1. The molecule has 2 aromatic heterocycles. The number of para-hydroxylation sites is 2. The molecule has 1 N–H and O–H groups in total. The molecule has 0 spiro atoms. The van der Waals surface area contributed by atoms with Crippen LogP contribution in [0.2, 0.25) is 0 Å². The van der Waals surface area contributed by atoms with E-state index >= 15 is 0 Å². The second kappa shape index (κ2) is 5.91. The van der Waals surface area contributed by atoms with Crippen molar-refractivity contribution < 1.29 is 4.79 Å². The van der Waals surface area contributed by atoms with Gasteiger partial charge in [0.2, 0.25) is 0 Å². The fourth-order valence-corrected chi connectivity index (χ4v) is 3.90. The fourth-order valence-electron chi connectivity index (χ4n) is 2.16. The summed E-state index contributed by atoms with van der Waals surface area (Å²) in [4.78, 5) is 23.8. The fraction of sp³-hybridized carbons (Fsp3) is 0.200. The number of benzene rings is 1. The Labute approximate surface area is 131 Å². The summed E-state index contributed by atoms with van der Waals surface area (Å²) >= 11 is 3.08. The minimum atomic E-state index is 0.0369. The van der Waals surface area contributed by atoms with Gasteiger partial charge in [-0.2, -0.15) is 0 Å². The molecule has 0 saturated carbocycles. The topological polar surface area (TPSA) is 49.0 Å². The molecule has 0 aliphatic heterocycles. The van der Waals surface area contributed by atoms with Crippen molar-refractivity contribution >= 4 is 40.0 Å². The van der Waals surface area contributed by atoms with Gasteiger partial charge in [-0.1, -0.05) is 12.1 Å². The molecule has 4 nitrogen and oxygen atoms in total. The first-order valence-electron chi connectivity index (χ1n) is 6.49. The van der Waals surface area contributed by atoms with Gasteiger partial charge in [0, 0.05) is 11.9 Å². The zero-order chi connectivity index (χ0) is 14.8. The van der Waals surface area contributed by atoms with E-state index in [0.717, 1.165) is 26.6 Å². The lowest BCUT2D eigenvalue weighted by Gasteiger charge is -2.15. The first kappa shape index (κ1) is 14.2. The van der Waals surface area contributed by atoms with Crippen LogP contribution in [0.4, 0.5) is 0 Å². The van der Waals surface area contributed by atoms with Crippen molar-refractivity contribution in [3.63, 3.8) is 0 Å². The largest absolute Gasteiger partial charge is 0.340 e. The summed E-state index contributed by atoms with van der Waals surface area (Å²) in [6.45, 7) is 0.471. The number of carbonyl (C=O) groups is 1. The van der Waals surface area contributed by atoms with Crippen molar-refractivity contribution in [3.8, 4) is 0 Å². The summed E-state index contributed by atoms with van der Waals surface area (Å²) < 4.78 is 0. The van der Waals surface area contributed by atoms with Crippen LogP contribution >= 0.6 is 23.1 Å². The van der Waals surface area contributed by atoms with Gasteiger partial charge in [-0.3, -0.25) is 4.79 Å². The maximum Gasteiger partial charge on any atom is 0.265 e. The van der Waals surface area contributed by atoms with Crippen molar-refractivity contribution in [2.45, 2.75) is 11.4 Å². The molecule has 0 unspecified atom stereocenters. The Morgan fingerprint density at radius 2 is 2.19 bits per heavy atom. The minimum absolute atomic E-state index is 0.0369. The van der Waals surface area contributed by atoms with Crippen LogP contribution < -0.4 is 0 Å². The van der Waals surface area contributed by atoms with Gasteiger partial charge < -0.3 is 9.88 Å². The first-order valence-corrected chi connectivity index (χ1v) is 8.60. The van der Waals surface area contributed by atoms with Gasteiger partial charge in [0.1, 0.15) is 10.7 Å². The maximum atomic E-state index is 12.5. The Kier molecular flexibility index (Phi) is 3.98. The molecule has 3 aromatic rings. The third kappa shape index (κ3) is 2.82. The van der Waals surface area contributed by atoms with Crippen LogP contribution in [-0.4, -0.2) is 34.1 Å². The Balaban J connectivity index is 1.79. The zero-order valence-corrected chi connectivity index (χ0v) is 13.4. The van der Waals surface area contributed by atoms with Gasteiger partial charge >= 0.3 is 0 Å². The molecule has 0 aliphatic rings. The summed E-state index contributed by atoms with van der Waals surface area (Å²) in [7, 11) is 1.80. The van der Waals surface area contributed by atoms with Crippen molar-refractivity contribution in [1.82, 2.24) is 14.9 Å². The smallest absolute Gasteiger partial charge is 0.265 e. The number of hydrogen-bond acceptors (Lipinski definition) is 4. The van der Waals surface area contributed by atoms with E-state index in [1.165, 1.54) is 11.3 Å². The van der Waals surface area contributed by atoms with E-state index in [0.29, 0.717) is 6.54 Å². The number of nitrogens with one attached hydrogen (secondary N) is 1. The lowest BCUT2D eigenvalue weighted by molar-refractivity contribution is 0.0783. The van der Waals surface area contributed by atoms with Crippen LogP contribution in [0.1, 0.15) is 15.5 Å². The van der Waals surface area contributed by atoms with Crippen LogP contribution in [0.3, 0.4) is 0 Å². The number of aromatic amines is 1. The molecular formula is C15H15N3OS2. The van der Waals surface area contributed by atoms with E-state index in [2.05, 4.69) is 9.97 Å². The summed E-state index contributed by atoms with van der Waals surface area (Å²) in [6, 6.07) is 9.85. The van der Waals surface area contributed by atoms with Crippen molar-refractivity contribution in [2.24, 2.45) is 0 Å². The number of hydrogen-bond donors (Lipinski definition) is 1. The van der Waals surface area contributed by atoms with E-state index in [4.69, 9.17) is 0 Å². The number of rotatable bonds is 4. The van der Waals surface area contributed by atoms with Crippen LogP contribution in [-0.2, 0) is 6.54 Å². The third-order valence-corrected chi connectivity index (χ3v) is 5.03. The molecule has 0 aliphatic carbocycles. The first-order chi connectivity index (χ1) is 10.2. The monoisotopic (exact) mass is 317 g/mol. The Bertz CT molecular complexity index is 745. The maximum absolute atomic E-state index is 12.5. The minimum Gasteiger partial charge on any atom is -0.340 e.